The summed E-state index contributed by atoms with van der Waals surface area (Å²) in [4.78, 5) is 0. The fourth-order valence-corrected chi connectivity index (χ4v) is 2.47. The van der Waals surface area contributed by atoms with E-state index in [1.54, 1.807) is 7.11 Å². The first-order chi connectivity index (χ1) is 9.35. The van der Waals surface area contributed by atoms with E-state index in [1.807, 2.05) is 6.07 Å². The second-order valence-electron chi connectivity index (χ2n) is 4.99. The topological polar surface area (TPSA) is 30.5 Å². The molecule has 0 bridgehead atoms. The Kier molecular flexibility index (Phi) is 3.67. The molecule has 1 aliphatic heterocycles. The van der Waals surface area contributed by atoms with Crippen molar-refractivity contribution in [2.75, 3.05) is 20.3 Å². The summed E-state index contributed by atoms with van der Waals surface area (Å²) >= 11 is 0. The lowest BCUT2D eigenvalue weighted by Gasteiger charge is -2.11. The molecule has 2 aromatic rings. The molecule has 0 aliphatic carbocycles. The van der Waals surface area contributed by atoms with Crippen LogP contribution in [0, 0.1) is 0 Å². The minimum atomic E-state index is 0.506. The molecule has 0 spiro atoms. The van der Waals surface area contributed by atoms with Crippen LogP contribution in [0.5, 0.6) is 5.75 Å². The second-order valence-corrected chi connectivity index (χ2v) is 4.99. The molecule has 1 heterocycles. The molecule has 1 saturated heterocycles. The molecule has 0 saturated carbocycles. The van der Waals surface area contributed by atoms with E-state index in [0.717, 1.165) is 31.9 Å². The maximum absolute atomic E-state index is 5.36. The summed E-state index contributed by atoms with van der Waals surface area (Å²) < 4.78 is 10.6. The Labute approximate surface area is 113 Å². The number of hydrogen-bond acceptors (Lipinski definition) is 3. The quantitative estimate of drug-likeness (QED) is 0.913. The normalized spacial score (nSPS) is 18.9. The van der Waals surface area contributed by atoms with Crippen LogP contribution in [-0.4, -0.2) is 26.4 Å². The van der Waals surface area contributed by atoms with Gasteiger partial charge in [-0.3, -0.25) is 0 Å². The Bertz CT molecular complexity index is 562. The molecule has 1 fully saturated rings. The van der Waals surface area contributed by atoms with Gasteiger partial charge < -0.3 is 14.8 Å². The van der Waals surface area contributed by atoms with Gasteiger partial charge in [-0.1, -0.05) is 18.2 Å². The van der Waals surface area contributed by atoms with Gasteiger partial charge in [0.05, 0.1) is 13.7 Å². The van der Waals surface area contributed by atoms with Crippen molar-refractivity contribution in [1.29, 1.82) is 0 Å². The van der Waals surface area contributed by atoms with Gasteiger partial charge in [-0.2, -0.15) is 0 Å². The van der Waals surface area contributed by atoms with Gasteiger partial charge in [-0.25, -0.2) is 0 Å². The zero-order valence-corrected chi connectivity index (χ0v) is 11.2. The van der Waals surface area contributed by atoms with E-state index >= 15 is 0 Å². The van der Waals surface area contributed by atoms with Crippen LogP contribution >= 0.6 is 0 Å². The summed E-state index contributed by atoms with van der Waals surface area (Å²) in [6.07, 6.45) is 1.12. The first-order valence-electron chi connectivity index (χ1n) is 6.73. The highest BCUT2D eigenvalue weighted by Gasteiger charge is 2.14. The van der Waals surface area contributed by atoms with E-state index < -0.39 is 0 Å². The van der Waals surface area contributed by atoms with Crippen molar-refractivity contribution in [3.63, 3.8) is 0 Å². The zero-order valence-electron chi connectivity index (χ0n) is 11.2. The Morgan fingerprint density at radius 2 is 2.05 bits per heavy atom. The molecule has 2 aromatic carbocycles. The SMILES string of the molecule is COc1ccc2cc(CNC3CCOC3)ccc2c1. The Hall–Kier alpha value is -1.58. The van der Waals surface area contributed by atoms with Gasteiger partial charge in [0, 0.05) is 19.2 Å². The van der Waals surface area contributed by atoms with Gasteiger partial charge in [0.25, 0.3) is 0 Å². The Morgan fingerprint density at radius 1 is 1.21 bits per heavy atom. The lowest BCUT2D eigenvalue weighted by atomic mass is 10.1. The fourth-order valence-electron chi connectivity index (χ4n) is 2.47. The minimum Gasteiger partial charge on any atom is -0.497 e. The van der Waals surface area contributed by atoms with Gasteiger partial charge in [0.2, 0.25) is 0 Å². The second kappa shape index (κ2) is 5.59. The summed E-state index contributed by atoms with van der Waals surface area (Å²) in [5.74, 6) is 0.904. The lowest BCUT2D eigenvalue weighted by molar-refractivity contribution is 0.190. The number of methoxy groups -OCH3 is 1. The highest BCUT2D eigenvalue weighted by Crippen LogP contribution is 2.22. The van der Waals surface area contributed by atoms with Crippen LogP contribution in [0.2, 0.25) is 0 Å². The van der Waals surface area contributed by atoms with Gasteiger partial charge >= 0.3 is 0 Å². The molecule has 1 unspecified atom stereocenters. The van der Waals surface area contributed by atoms with Crippen LogP contribution < -0.4 is 10.1 Å². The largest absolute Gasteiger partial charge is 0.497 e. The number of nitrogens with one attached hydrogen (secondary N) is 1. The fraction of sp³-hybridized carbons (Fsp3) is 0.375. The molecular formula is C16H19NO2. The van der Waals surface area contributed by atoms with Gasteiger partial charge in [0.15, 0.2) is 0 Å². The molecule has 1 N–H and O–H groups in total. The first kappa shape index (κ1) is 12.5. The van der Waals surface area contributed by atoms with Gasteiger partial charge in [0.1, 0.15) is 5.75 Å². The number of ether oxygens (including phenoxy) is 2. The van der Waals surface area contributed by atoms with Crippen LogP contribution in [0.1, 0.15) is 12.0 Å². The third kappa shape index (κ3) is 2.88. The third-order valence-electron chi connectivity index (χ3n) is 3.64. The van der Waals surface area contributed by atoms with E-state index in [-0.39, 0.29) is 0 Å². The van der Waals surface area contributed by atoms with Crippen molar-refractivity contribution in [3.05, 3.63) is 42.0 Å². The summed E-state index contributed by atoms with van der Waals surface area (Å²) in [6.45, 7) is 2.62. The minimum absolute atomic E-state index is 0.506. The monoisotopic (exact) mass is 257 g/mol. The van der Waals surface area contributed by atoms with Crippen molar-refractivity contribution >= 4 is 10.8 Å². The first-order valence-corrected chi connectivity index (χ1v) is 6.73. The zero-order chi connectivity index (χ0) is 13.1. The number of rotatable bonds is 4. The summed E-state index contributed by atoms with van der Waals surface area (Å²) in [7, 11) is 1.70. The van der Waals surface area contributed by atoms with Crippen molar-refractivity contribution < 1.29 is 9.47 Å². The smallest absolute Gasteiger partial charge is 0.119 e. The third-order valence-corrected chi connectivity index (χ3v) is 3.64. The molecular weight excluding hydrogens is 238 g/mol. The molecule has 0 amide bonds. The standard InChI is InChI=1S/C16H19NO2/c1-18-16-5-4-13-8-12(2-3-14(13)9-16)10-17-15-6-7-19-11-15/h2-5,8-9,15,17H,6-7,10-11H2,1H3. The van der Waals surface area contributed by atoms with Crippen LogP contribution in [0.3, 0.4) is 0 Å². The Morgan fingerprint density at radius 3 is 2.84 bits per heavy atom. The summed E-state index contributed by atoms with van der Waals surface area (Å²) in [5, 5.41) is 6.00. The number of hydrogen-bond donors (Lipinski definition) is 1. The summed E-state index contributed by atoms with van der Waals surface area (Å²) in [5.41, 5.74) is 1.31. The predicted octanol–water partition coefficient (Wildman–Crippen LogP) is 2.73. The molecule has 19 heavy (non-hydrogen) atoms. The molecule has 1 aliphatic rings. The molecule has 3 heteroatoms. The predicted molar refractivity (Wildman–Crippen MR) is 76.6 cm³/mol. The average Bonchev–Trinajstić information content (AvgIpc) is 2.97. The van der Waals surface area contributed by atoms with Crippen LogP contribution in [0.4, 0.5) is 0 Å². The highest BCUT2D eigenvalue weighted by atomic mass is 16.5. The van der Waals surface area contributed by atoms with Crippen LogP contribution in [-0.2, 0) is 11.3 Å². The van der Waals surface area contributed by atoms with E-state index in [9.17, 15) is 0 Å². The summed E-state index contributed by atoms with van der Waals surface area (Å²) in [6, 6.07) is 13.2. The van der Waals surface area contributed by atoms with Crippen molar-refractivity contribution in [2.24, 2.45) is 0 Å². The van der Waals surface area contributed by atoms with E-state index in [1.165, 1.54) is 16.3 Å². The molecule has 3 nitrogen and oxygen atoms in total. The van der Waals surface area contributed by atoms with Crippen molar-refractivity contribution in [3.8, 4) is 5.75 Å². The number of benzene rings is 2. The maximum Gasteiger partial charge on any atom is 0.119 e. The maximum atomic E-state index is 5.36. The van der Waals surface area contributed by atoms with Crippen molar-refractivity contribution in [2.45, 2.75) is 19.0 Å². The molecule has 3 rings (SSSR count). The van der Waals surface area contributed by atoms with E-state index in [2.05, 4.69) is 35.6 Å². The molecule has 0 radical (unpaired) electrons. The molecule has 100 valence electrons. The van der Waals surface area contributed by atoms with Crippen LogP contribution in [0.25, 0.3) is 10.8 Å². The molecule has 1 atom stereocenters. The lowest BCUT2D eigenvalue weighted by Crippen LogP contribution is -2.28. The molecule has 0 aromatic heterocycles. The Balaban J connectivity index is 1.73. The number of fused-ring (bicyclic) bond motifs is 1. The highest BCUT2D eigenvalue weighted by molar-refractivity contribution is 5.84. The van der Waals surface area contributed by atoms with Crippen molar-refractivity contribution in [1.82, 2.24) is 5.32 Å². The van der Waals surface area contributed by atoms with Crippen LogP contribution in [0.15, 0.2) is 36.4 Å². The average molecular weight is 257 g/mol. The van der Waals surface area contributed by atoms with Gasteiger partial charge in [-0.15, -0.1) is 0 Å². The van der Waals surface area contributed by atoms with E-state index in [0.29, 0.717) is 6.04 Å². The van der Waals surface area contributed by atoms with E-state index in [4.69, 9.17) is 9.47 Å². The van der Waals surface area contributed by atoms with Gasteiger partial charge in [-0.05, 0) is 41.0 Å².